The van der Waals surface area contributed by atoms with Crippen LogP contribution in [-0.4, -0.2) is 18.0 Å². The number of amides is 1. The molecule has 0 radical (unpaired) electrons. The molecule has 0 aliphatic heterocycles. The van der Waals surface area contributed by atoms with E-state index in [0.29, 0.717) is 10.5 Å². The summed E-state index contributed by atoms with van der Waals surface area (Å²) >= 11 is 3.17. The Morgan fingerprint density at radius 3 is 2.72 bits per heavy atom. The lowest BCUT2D eigenvalue weighted by atomic mass is 10.2. The molecule has 0 bridgehead atoms. The summed E-state index contributed by atoms with van der Waals surface area (Å²) in [5.41, 5.74) is 0.211. The molecule has 18 heavy (non-hydrogen) atoms. The third kappa shape index (κ3) is 4.23. The van der Waals surface area contributed by atoms with Crippen molar-refractivity contribution in [1.29, 1.82) is 0 Å². The highest BCUT2D eigenvalue weighted by molar-refractivity contribution is 9.10. The minimum Gasteiger partial charge on any atom is -0.322 e. The zero-order chi connectivity index (χ0) is 12.4. The summed E-state index contributed by atoms with van der Waals surface area (Å²) in [6.07, 6.45) is 2.23. The maximum Gasteiger partial charge on any atom is 0.241 e. The van der Waals surface area contributed by atoms with E-state index in [0.717, 1.165) is 12.8 Å². The van der Waals surface area contributed by atoms with E-state index in [9.17, 15) is 9.18 Å². The first-order valence-corrected chi connectivity index (χ1v) is 6.37. The molecule has 0 aromatic heterocycles. The fourth-order valence-corrected chi connectivity index (χ4v) is 1.84. The molecular formula is C12H15BrClFN2O. The van der Waals surface area contributed by atoms with Crippen molar-refractivity contribution in [3.05, 3.63) is 28.5 Å². The minimum atomic E-state index is -0.439. The number of rotatable bonds is 4. The molecule has 2 rings (SSSR count). The summed E-state index contributed by atoms with van der Waals surface area (Å²) in [4.78, 5) is 11.8. The summed E-state index contributed by atoms with van der Waals surface area (Å²) in [7, 11) is 0. The highest BCUT2D eigenvalue weighted by atomic mass is 79.9. The van der Waals surface area contributed by atoms with E-state index in [2.05, 4.69) is 26.6 Å². The van der Waals surface area contributed by atoms with Gasteiger partial charge in [-0.15, -0.1) is 12.4 Å². The Morgan fingerprint density at radius 1 is 1.50 bits per heavy atom. The van der Waals surface area contributed by atoms with Crippen LogP contribution in [0.5, 0.6) is 0 Å². The molecule has 1 atom stereocenters. The molecule has 1 amide bonds. The van der Waals surface area contributed by atoms with Crippen molar-refractivity contribution in [3.8, 4) is 0 Å². The lowest BCUT2D eigenvalue weighted by molar-refractivity contribution is -0.117. The van der Waals surface area contributed by atoms with Crippen LogP contribution >= 0.6 is 28.3 Å². The number of nitrogens with one attached hydrogen (secondary N) is 2. The first kappa shape index (κ1) is 15.4. The normalized spacial score (nSPS) is 15.7. The zero-order valence-electron chi connectivity index (χ0n) is 9.87. The van der Waals surface area contributed by atoms with Gasteiger partial charge in [0, 0.05) is 10.5 Å². The van der Waals surface area contributed by atoms with Gasteiger partial charge in [0.15, 0.2) is 0 Å². The lowest BCUT2D eigenvalue weighted by Crippen LogP contribution is -2.39. The molecule has 6 heteroatoms. The molecule has 0 spiro atoms. The van der Waals surface area contributed by atoms with Gasteiger partial charge in [0.2, 0.25) is 5.91 Å². The molecule has 1 aliphatic rings. The maximum atomic E-state index is 13.5. The van der Waals surface area contributed by atoms with Gasteiger partial charge in [0.1, 0.15) is 5.82 Å². The first-order valence-electron chi connectivity index (χ1n) is 5.58. The van der Waals surface area contributed by atoms with Crippen molar-refractivity contribution >= 4 is 39.9 Å². The second-order valence-corrected chi connectivity index (χ2v) is 5.19. The van der Waals surface area contributed by atoms with Gasteiger partial charge in [-0.3, -0.25) is 4.79 Å². The Kier molecular flexibility index (Phi) is 5.56. The van der Waals surface area contributed by atoms with Gasteiger partial charge in [-0.2, -0.15) is 0 Å². The van der Waals surface area contributed by atoms with E-state index < -0.39 is 5.82 Å². The van der Waals surface area contributed by atoms with E-state index in [1.165, 1.54) is 6.07 Å². The second kappa shape index (κ2) is 6.50. The van der Waals surface area contributed by atoms with Gasteiger partial charge < -0.3 is 10.6 Å². The SMILES string of the molecule is CC(NC1CC1)C(=O)Nc1ccc(Br)cc1F.Cl. The molecule has 1 fully saturated rings. The van der Waals surface area contributed by atoms with Crippen molar-refractivity contribution in [2.75, 3.05) is 5.32 Å². The van der Waals surface area contributed by atoms with Crippen LogP contribution in [0, 0.1) is 5.82 Å². The molecular weight excluding hydrogens is 322 g/mol. The number of benzene rings is 1. The highest BCUT2D eigenvalue weighted by Gasteiger charge is 2.25. The smallest absolute Gasteiger partial charge is 0.241 e. The Morgan fingerprint density at radius 2 is 2.17 bits per heavy atom. The van der Waals surface area contributed by atoms with Gasteiger partial charge in [0.05, 0.1) is 11.7 Å². The first-order chi connectivity index (χ1) is 8.06. The van der Waals surface area contributed by atoms with Crippen LogP contribution in [0.4, 0.5) is 10.1 Å². The summed E-state index contributed by atoms with van der Waals surface area (Å²) in [5.74, 6) is -0.649. The molecule has 1 aromatic carbocycles. The average Bonchev–Trinajstić information content (AvgIpc) is 3.06. The largest absolute Gasteiger partial charge is 0.322 e. The van der Waals surface area contributed by atoms with Crippen molar-refractivity contribution in [2.45, 2.75) is 31.8 Å². The Hall–Kier alpha value is -0.650. The highest BCUT2D eigenvalue weighted by Crippen LogP contribution is 2.21. The van der Waals surface area contributed by atoms with Crippen LogP contribution in [0.3, 0.4) is 0 Å². The monoisotopic (exact) mass is 336 g/mol. The Labute approximate surface area is 120 Å². The van der Waals surface area contributed by atoms with E-state index in [-0.39, 0.29) is 30.0 Å². The van der Waals surface area contributed by atoms with E-state index in [1.54, 1.807) is 19.1 Å². The number of hydrogen-bond donors (Lipinski definition) is 2. The average molecular weight is 338 g/mol. The lowest BCUT2D eigenvalue weighted by Gasteiger charge is -2.13. The molecule has 1 unspecified atom stereocenters. The van der Waals surface area contributed by atoms with E-state index in [1.807, 2.05) is 0 Å². The number of anilines is 1. The topological polar surface area (TPSA) is 41.1 Å². The third-order valence-electron chi connectivity index (χ3n) is 2.65. The number of carbonyl (C=O) groups excluding carboxylic acids is 1. The zero-order valence-corrected chi connectivity index (χ0v) is 12.3. The van der Waals surface area contributed by atoms with Crippen molar-refractivity contribution in [1.82, 2.24) is 5.32 Å². The fraction of sp³-hybridized carbons (Fsp3) is 0.417. The van der Waals surface area contributed by atoms with Crippen molar-refractivity contribution in [2.24, 2.45) is 0 Å². The van der Waals surface area contributed by atoms with Gasteiger partial charge in [-0.25, -0.2) is 4.39 Å². The van der Waals surface area contributed by atoms with Crippen LogP contribution in [-0.2, 0) is 4.79 Å². The standard InChI is InChI=1S/C12H14BrFN2O.ClH/c1-7(15-9-3-4-9)12(17)16-11-5-2-8(13)6-10(11)14;/h2,5-7,9,15H,3-4H2,1H3,(H,16,17);1H. The minimum absolute atomic E-state index is 0. The third-order valence-corrected chi connectivity index (χ3v) is 3.14. The quantitative estimate of drug-likeness (QED) is 0.886. The molecule has 1 aromatic rings. The summed E-state index contributed by atoms with van der Waals surface area (Å²) in [6, 6.07) is 4.71. The van der Waals surface area contributed by atoms with E-state index in [4.69, 9.17) is 0 Å². The molecule has 100 valence electrons. The van der Waals surface area contributed by atoms with Crippen LogP contribution < -0.4 is 10.6 Å². The van der Waals surface area contributed by atoms with Crippen LogP contribution in [0.15, 0.2) is 22.7 Å². The molecule has 0 saturated heterocycles. The summed E-state index contributed by atoms with van der Waals surface area (Å²) < 4.78 is 14.1. The maximum absolute atomic E-state index is 13.5. The number of hydrogen-bond acceptors (Lipinski definition) is 2. The molecule has 1 saturated carbocycles. The van der Waals surface area contributed by atoms with Crippen LogP contribution in [0.1, 0.15) is 19.8 Å². The van der Waals surface area contributed by atoms with Crippen molar-refractivity contribution < 1.29 is 9.18 Å². The molecule has 3 nitrogen and oxygen atoms in total. The second-order valence-electron chi connectivity index (χ2n) is 4.28. The van der Waals surface area contributed by atoms with Crippen LogP contribution in [0.2, 0.25) is 0 Å². The van der Waals surface area contributed by atoms with Crippen molar-refractivity contribution in [3.63, 3.8) is 0 Å². The number of halogens is 3. The van der Waals surface area contributed by atoms with E-state index >= 15 is 0 Å². The van der Waals surface area contributed by atoms with Gasteiger partial charge in [-0.05, 0) is 38.0 Å². The summed E-state index contributed by atoms with van der Waals surface area (Å²) in [6.45, 7) is 1.78. The number of carbonyl (C=O) groups is 1. The molecule has 2 N–H and O–H groups in total. The van der Waals surface area contributed by atoms with Gasteiger partial charge >= 0.3 is 0 Å². The van der Waals surface area contributed by atoms with Crippen LogP contribution in [0.25, 0.3) is 0 Å². The Balaban J connectivity index is 0.00000162. The molecule has 0 heterocycles. The predicted octanol–water partition coefficient (Wildman–Crippen LogP) is 3.09. The predicted molar refractivity (Wildman–Crippen MR) is 75.6 cm³/mol. The summed E-state index contributed by atoms with van der Waals surface area (Å²) in [5, 5.41) is 5.73. The molecule has 1 aliphatic carbocycles. The Bertz CT molecular complexity index is 440. The van der Waals surface area contributed by atoms with Gasteiger partial charge in [-0.1, -0.05) is 15.9 Å². The van der Waals surface area contributed by atoms with Gasteiger partial charge in [0.25, 0.3) is 0 Å². The fourth-order valence-electron chi connectivity index (χ4n) is 1.51.